The van der Waals surface area contributed by atoms with Crippen molar-refractivity contribution in [2.24, 2.45) is 17.3 Å². The van der Waals surface area contributed by atoms with Crippen LogP contribution in [0.3, 0.4) is 0 Å². The van der Waals surface area contributed by atoms with Gasteiger partial charge in [0.1, 0.15) is 0 Å². The molecule has 2 atom stereocenters. The second kappa shape index (κ2) is 4.33. The predicted octanol–water partition coefficient (Wildman–Crippen LogP) is 2.00. The predicted molar refractivity (Wildman–Crippen MR) is 74.3 cm³/mol. The summed E-state index contributed by atoms with van der Waals surface area (Å²) in [5, 5.41) is 18.7. The van der Waals surface area contributed by atoms with Crippen LogP contribution in [-0.4, -0.2) is 27.2 Å². The second-order valence-electron chi connectivity index (χ2n) is 7.02. The van der Waals surface area contributed by atoms with Gasteiger partial charge in [-0.2, -0.15) is 5.10 Å². The smallest absolute Gasteiger partial charge is 0.307 e. The van der Waals surface area contributed by atoms with Gasteiger partial charge < -0.3 is 10.4 Å². The van der Waals surface area contributed by atoms with E-state index < -0.39 is 23.2 Å². The first-order valence-electron chi connectivity index (χ1n) is 6.64. The molecule has 1 aromatic heterocycles. The van der Waals surface area contributed by atoms with Crippen LogP contribution < -0.4 is 5.32 Å². The number of aromatic amines is 1. The number of aromatic nitrogens is 2. The number of rotatable bonds is 3. The minimum atomic E-state index is -0.924. The van der Waals surface area contributed by atoms with Crippen molar-refractivity contribution in [1.82, 2.24) is 10.2 Å². The van der Waals surface area contributed by atoms with Gasteiger partial charge in [-0.25, -0.2) is 0 Å². The summed E-state index contributed by atoms with van der Waals surface area (Å²) in [4.78, 5) is 23.2. The number of nitrogens with zero attached hydrogens (tertiary/aromatic N) is 1. The van der Waals surface area contributed by atoms with Crippen molar-refractivity contribution in [2.45, 2.75) is 40.0 Å². The molecule has 0 spiro atoms. The zero-order valence-electron chi connectivity index (χ0n) is 12.4. The number of carbonyl (C=O) groups is 2. The van der Waals surface area contributed by atoms with E-state index in [1.807, 2.05) is 20.8 Å². The standard InChI is InChI=1S/C14H21N3O3/c1-13(2,3)7-6-8(17-16-7)15-11(18)9-10(12(19)20)14(9,4)5/h6,9-10H,1-5H3,(H,19,20)(H2,15,16,17,18)/t9-,10+/m1/s1. The van der Waals surface area contributed by atoms with Crippen LogP contribution in [0.4, 0.5) is 5.82 Å². The van der Waals surface area contributed by atoms with Crippen LogP contribution in [0.25, 0.3) is 0 Å². The number of carboxylic acids is 1. The lowest BCUT2D eigenvalue weighted by Crippen LogP contribution is -2.18. The Balaban J connectivity index is 2.07. The first-order valence-corrected chi connectivity index (χ1v) is 6.64. The van der Waals surface area contributed by atoms with E-state index in [1.165, 1.54) is 0 Å². The zero-order valence-corrected chi connectivity index (χ0v) is 12.4. The molecule has 0 radical (unpaired) electrons. The van der Waals surface area contributed by atoms with Gasteiger partial charge >= 0.3 is 5.97 Å². The largest absolute Gasteiger partial charge is 0.481 e. The van der Waals surface area contributed by atoms with Gasteiger partial charge in [0.15, 0.2) is 5.82 Å². The Morgan fingerprint density at radius 1 is 1.35 bits per heavy atom. The number of hydrogen-bond donors (Lipinski definition) is 3. The summed E-state index contributed by atoms with van der Waals surface area (Å²) in [5.74, 6) is -1.90. The summed E-state index contributed by atoms with van der Waals surface area (Å²) in [6, 6.07) is 1.78. The van der Waals surface area contributed by atoms with Crippen LogP contribution in [0, 0.1) is 17.3 Å². The average molecular weight is 279 g/mol. The topological polar surface area (TPSA) is 95.1 Å². The maximum Gasteiger partial charge on any atom is 0.307 e. The molecule has 1 aliphatic rings. The van der Waals surface area contributed by atoms with E-state index >= 15 is 0 Å². The number of carboxylic acid groups (broad SMARTS) is 1. The third-order valence-corrected chi connectivity index (χ3v) is 4.01. The fraction of sp³-hybridized carbons (Fsp3) is 0.643. The molecule has 0 unspecified atom stereocenters. The number of H-pyrrole nitrogens is 1. The van der Waals surface area contributed by atoms with Crippen molar-refractivity contribution in [1.29, 1.82) is 0 Å². The van der Waals surface area contributed by atoms with Crippen molar-refractivity contribution >= 4 is 17.7 Å². The van der Waals surface area contributed by atoms with Crippen LogP contribution in [0.5, 0.6) is 0 Å². The molecule has 3 N–H and O–H groups in total. The van der Waals surface area contributed by atoms with Crippen LogP contribution in [-0.2, 0) is 15.0 Å². The van der Waals surface area contributed by atoms with Gasteiger partial charge in [0.25, 0.3) is 0 Å². The van der Waals surface area contributed by atoms with E-state index in [-0.39, 0.29) is 11.3 Å². The first-order chi connectivity index (χ1) is 9.05. The SMILES string of the molecule is CC(C)(C)c1cc(NC(=O)[C@H]2[C@@H](C(=O)O)C2(C)C)n[nH]1. The van der Waals surface area contributed by atoms with Gasteiger partial charge in [0.2, 0.25) is 5.91 Å². The van der Waals surface area contributed by atoms with E-state index in [4.69, 9.17) is 5.11 Å². The molecule has 1 aromatic rings. The van der Waals surface area contributed by atoms with E-state index in [9.17, 15) is 9.59 Å². The summed E-state index contributed by atoms with van der Waals surface area (Å²) in [7, 11) is 0. The summed E-state index contributed by atoms with van der Waals surface area (Å²) < 4.78 is 0. The molecular formula is C14H21N3O3. The Kier molecular flexibility index (Phi) is 3.15. The summed E-state index contributed by atoms with van der Waals surface area (Å²) in [6.45, 7) is 9.70. The Morgan fingerprint density at radius 3 is 2.35 bits per heavy atom. The highest BCUT2D eigenvalue weighted by molar-refractivity contribution is 5.99. The van der Waals surface area contributed by atoms with Crippen LogP contribution in [0.1, 0.15) is 40.3 Å². The number of amides is 1. The van der Waals surface area contributed by atoms with Gasteiger partial charge in [-0.1, -0.05) is 34.6 Å². The molecule has 0 aromatic carbocycles. The van der Waals surface area contributed by atoms with Crippen molar-refractivity contribution < 1.29 is 14.7 Å². The van der Waals surface area contributed by atoms with Gasteiger partial charge in [-0.3, -0.25) is 14.7 Å². The lowest BCUT2D eigenvalue weighted by Gasteiger charge is -2.14. The summed E-state index contributed by atoms with van der Waals surface area (Å²) in [5.41, 5.74) is 0.329. The molecule has 0 aliphatic heterocycles. The Hall–Kier alpha value is -1.85. The second-order valence-corrected chi connectivity index (χ2v) is 7.02. The third kappa shape index (κ3) is 2.42. The van der Waals surface area contributed by atoms with Gasteiger partial charge in [0.05, 0.1) is 11.8 Å². The summed E-state index contributed by atoms with van der Waals surface area (Å²) >= 11 is 0. The highest BCUT2D eigenvalue weighted by Crippen LogP contribution is 2.58. The number of anilines is 1. The van der Waals surface area contributed by atoms with Crippen LogP contribution in [0.2, 0.25) is 0 Å². The first kappa shape index (κ1) is 14.6. The van der Waals surface area contributed by atoms with Crippen LogP contribution >= 0.6 is 0 Å². The molecule has 6 nitrogen and oxygen atoms in total. The normalized spacial score (nSPS) is 24.2. The van der Waals surface area contributed by atoms with Crippen molar-refractivity contribution in [3.05, 3.63) is 11.8 Å². The van der Waals surface area contributed by atoms with Crippen molar-refractivity contribution in [3.8, 4) is 0 Å². The van der Waals surface area contributed by atoms with E-state index in [0.29, 0.717) is 5.82 Å². The number of carbonyl (C=O) groups excluding carboxylic acids is 1. The Labute approximate surface area is 118 Å². The van der Waals surface area contributed by atoms with Gasteiger partial charge in [-0.05, 0) is 5.41 Å². The van der Waals surface area contributed by atoms with E-state index in [1.54, 1.807) is 19.9 Å². The summed E-state index contributed by atoms with van der Waals surface area (Å²) in [6.07, 6.45) is 0. The molecule has 1 amide bonds. The van der Waals surface area contributed by atoms with Crippen LogP contribution in [0.15, 0.2) is 6.07 Å². The molecule has 20 heavy (non-hydrogen) atoms. The number of hydrogen-bond acceptors (Lipinski definition) is 3. The maximum atomic E-state index is 12.1. The highest BCUT2D eigenvalue weighted by Gasteiger charge is 2.65. The minimum absolute atomic E-state index is 0.0849. The molecule has 1 aliphatic carbocycles. The fourth-order valence-electron chi connectivity index (χ4n) is 2.56. The lowest BCUT2D eigenvalue weighted by atomic mass is 9.92. The van der Waals surface area contributed by atoms with Gasteiger partial charge in [0, 0.05) is 17.2 Å². The molecular weight excluding hydrogens is 258 g/mol. The lowest BCUT2D eigenvalue weighted by molar-refractivity contribution is -0.140. The molecule has 0 saturated heterocycles. The van der Waals surface area contributed by atoms with E-state index in [2.05, 4.69) is 15.5 Å². The third-order valence-electron chi connectivity index (χ3n) is 4.01. The monoisotopic (exact) mass is 279 g/mol. The van der Waals surface area contributed by atoms with E-state index in [0.717, 1.165) is 5.69 Å². The molecule has 1 saturated carbocycles. The fourth-order valence-corrected chi connectivity index (χ4v) is 2.56. The Morgan fingerprint density at radius 2 is 1.95 bits per heavy atom. The molecule has 1 heterocycles. The van der Waals surface area contributed by atoms with Gasteiger partial charge in [-0.15, -0.1) is 0 Å². The minimum Gasteiger partial charge on any atom is -0.481 e. The highest BCUT2D eigenvalue weighted by atomic mass is 16.4. The number of aliphatic carboxylic acids is 1. The molecule has 110 valence electrons. The number of nitrogens with one attached hydrogen (secondary N) is 2. The maximum absolute atomic E-state index is 12.1. The van der Waals surface area contributed by atoms with Crippen molar-refractivity contribution in [2.75, 3.05) is 5.32 Å². The molecule has 0 bridgehead atoms. The quantitative estimate of drug-likeness (QED) is 0.788. The average Bonchev–Trinajstić information content (AvgIpc) is 2.67. The molecule has 6 heteroatoms. The van der Waals surface area contributed by atoms with Crippen molar-refractivity contribution in [3.63, 3.8) is 0 Å². The Bertz CT molecular complexity index is 554. The molecule has 2 rings (SSSR count). The zero-order chi connectivity index (χ0) is 15.3. The molecule has 1 fully saturated rings.